The van der Waals surface area contributed by atoms with Gasteiger partial charge < -0.3 is 56.2 Å². The fourth-order valence-corrected chi connectivity index (χ4v) is 16.4. The molecule has 0 spiro atoms. The van der Waals surface area contributed by atoms with Crippen molar-refractivity contribution in [2.45, 2.75) is 67.3 Å². The fraction of sp³-hybridized carbons (Fsp3) is 0.180. The summed E-state index contributed by atoms with van der Waals surface area (Å²) in [6.07, 6.45) is 35.0. The molecule has 33 nitrogen and oxygen atoms in total. The first-order valence-corrected chi connectivity index (χ1v) is 45.7. The van der Waals surface area contributed by atoms with Gasteiger partial charge in [0.25, 0.3) is 0 Å². The van der Waals surface area contributed by atoms with Crippen LogP contribution >= 0.6 is 47.8 Å². The quantitative estimate of drug-likeness (QED) is 0.0171. The number of aryl methyl sites for hydroxylation is 2. The largest absolute Gasteiger partial charge is 0.379 e. The van der Waals surface area contributed by atoms with E-state index in [1.165, 1.54) is 54.9 Å². The van der Waals surface area contributed by atoms with Gasteiger partial charge in [0.15, 0.2) is 39.0 Å². The van der Waals surface area contributed by atoms with Crippen LogP contribution in [-0.4, -0.2) is 171 Å². The molecule has 1 atom stereocenters. The summed E-state index contributed by atoms with van der Waals surface area (Å²) in [5.41, 5.74) is 21.8. The molecule has 738 valence electrons. The van der Waals surface area contributed by atoms with Crippen LogP contribution in [0.1, 0.15) is 92.2 Å². The minimum atomic E-state index is -0.584. The highest BCUT2D eigenvalue weighted by Gasteiger charge is 2.26. The highest BCUT2D eigenvalue weighted by Crippen LogP contribution is 2.33. The molecule has 142 heavy (non-hydrogen) atoms. The van der Waals surface area contributed by atoms with Crippen LogP contribution in [-0.2, 0) is 19.3 Å². The standard InChI is InChI=1S/C23H22FN7.C19H17BrFN5.C12H14FN3O2.C10H7FN2O2.C10H11FN2.C9H7Br2N3.C8H6FN.C4H8N2O2.C4H6N2.CH4.H2/c1-14(2)19-12-28-23-22(29-20(13-31(19)23)30-10-9-25-15(30)3)26-8-7-16-11-27-18-6-4-5-17(24)21(16)18;1-11(2)15-9-24-19-18(25-16(20)10-26(15)19)22-7-6-12-8-23-14-5-3-4-13(21)17(12)14;1-15(2)11(7-16(17)18)8-6-14-10-5-3-4-9(13)12(8)10;11-8-2-1-3-9-10(8)7(6-12-9)4-5-13(14)15;11-8-2-1-3-9-10(8)7(4-5-12)6-13-9;1-5(2)6-3-12-9-8(11)13-7(10)4-14(6)9;9-7-2-1-3-8-6(7)4-5-10-8;1-5(2)3-4-6(7)8;1-4-5-2-3-6-4;;/h4-6,9-13,27H,1,7-8H2,2-3H3,(H,26,29);3-5,8-10,23H,1,6-7H2,2H3,(H,22,25);3-6,11,14H,7H2,1-2H3;1-6,12H;1-3,6,13H,4-5,12H2;3-4H,1H2,2H3;1-5,10H;3-4H,1-2H3;2-3H,1H3,(H,5,6);1H4;1H/b;;;5-4+;;;;4-3-;;;. The zero-order chi connectivity index (χ0) is 101. The number of nitrogens with zero attached hydrogens (tertiary/aromatic N) is 17. The Morgan fingerprint density at radius 2 is 0.944 bits per heavy atom. The lowest BCUT2D eigenvalue weighted by molar-refractivity contribution is -0.487. The van der Waals surface area contributed by atoms with E-state index >= 15 is 0 Å². The molecule has 20 rings (SSSR count). The Hall–Kier alpha value is -15.9. The second kappa shape index (κ2) is 49.6. The van der Waals surface area contributed by atoms with Crippen molar-refractivity contribution in [3.8, 4) is 5.82 Å². The molecule has 14 aromatic heterocycles. The summed E-state index contributed by atoms with van der Waals surface area (Å²) in [5.74, 6) is 2.33. The van der Waals surface area contributed by atoms with E-state index in [4.69, 9.17) is 10.7 Å². The Balaban J connectivity index is 0.000000171. The summed E-state index contributed by atoms with van der Waals surface area (Å²) in [4.78, 5) is 88.0. The lowest BCUT2D eigenvalue weighted by atomic mass is 10.0. The summed E-state index contributed by atoms with van der Waals surface area (Å²) in [5, 5.41) is 40.5. The first-order valence-electron chi connectivity index (χ1n) is 43.3. The number of allylic oxidation sites excluding steroid dienone is 3. The van der Waals surface area contributed by atoms with Crippen LogP contribution in [0, 0.1) is 79.1 Å². The van der Waals surface area contributed by atoms with Gasteiger partial charge in [-0.05, 0) is 235 Å². The van der Waals surface area contributed by atoms with Crippen molar-refractivity contribution >= 4 is 165 Å². The number of fused-ring (bicyclic) bond motifs is 9. The van der Waals surface area contributed by atoms with Gasteiger partial charge in [-0.15, -0.1) is 0 Å². The van der Waals surface area contributed by atoms with E-state index in [-0.39, 0.29) is 49.4 Å². The van der Waals surface area contributed by atoms with Gasteiger partial charge in [0.1, 0.15) is 61.8 Å². The van der Waals surface area contributed by atoms with Crippen LogP contribution in [0.3, 0.4) is 0 Å². The highest BCUT2D eigenvalue weighted by molar-refractivity contribution is 9.11. The Labute approximate surface area is 836 Å². The molecule has 20 aromatic rings. The Morgan fingerprint density at radius 3 is 1.38 bits per heavy atom. The number of rotatable bonds is 22. The van der Waals surface area contributed by atoms with Crippen LogP contribution in [0.25, 0.3) is 111 Å². The third-order valence-electron chi connectivity index (χ3n) is 21.5. The van der Waals surface area contributed by atoms with E-state index in [1.807, 2.05) is 120 Å². The van der Waals surface area contributed by atoms with Crippen molar-refractivity contribution in [3.05, 3.63) is 388 Å². The predicted octanol–water partition coefficient (Wildman–Crippen LogP) is 23.4. The fourth-order valence-electron chi connectivity index (χ4n) is 14.9. The van der Waals surface area contributed by atoms with Gasteiger partial charge in [0.05, 0.1) is 57.9 Å². The highest BCUT2D eigenvalue weighted by atomic mass is 79.9. The number of H-pyrrole nitrogens is 7. The summed E-state index contributed by atoms with van der Waals surface area (Å²) < 4.78 is 91.7. The molecule has 0 bridgehead atoms. The average molecular weight is 2130 g/mol. The van der Waals surface area contributed by atoms with Gasteiger partial charge in [0.2, 0.25) is 18.9 Å². The number of hydrogen-bond donors (Lipinski definition) is 10. The molecular formula is C100H104Br3F6N27O6. The van der Waals surface area contributed by atoms with Gasteiger partial charge >= 0.3 is 0 Å². The van der Waals surface area contributed by atoms with E-state index in [1.54, 1.807) is 142 Å². The van der Waals surface area contributed by atoms with Crippen LogP contribution in [0.15, 0.2) is 267 Å². The van der Waals surface area contributed by atoms with Gasteiger partial charge in [-0.3, -0.25) is 53.0 Å². The number of benzene rings is 6. The van der Waals surface area contributed by atoms with E-state index in [0.717, 1.165) is 123 Å². The maximum absolute atomic E-state index is 14.3. The lowest BCUT2D eigenvalue weighted by Crippen LogP contribution is -2.26. The maximum atomic E-state index is 14.3. The lowest BCUT2D eigenvalue weighted by Gasteiger charge is -2.20. The van der Waals surface area contributed by atoms with Crippen LogP contribution < -0.4 is 16.4 Å². The normalized spacial score (nSPS) is 11.2. The number of halogens is 9. The van der Waals surface area contributed by atoms with E-state index in [9.17, 15) is 56.7 Å². The second-order valence-electron chi connectivity index (χ2n) is 32.0. The smallest absolute Gasteiger partial charge is 0.250 e. The van der Waals surface area contributed by atoms with Crippen LogP contribution in [0.2, 0.25) is 0 Å². The predicted molar refractivity (Wildman–Crippen MR) is 561 cm³/mol. The van der Waals surface area contributed by atoms with E-state index in [2.05, 4.69) is 148 Å². The molecule has 0 aliphatic rings. The molecule has 0 saturated heterocycles. The number of nitro groups is 3. The number of nitrogens with one attached hydrogen (secondary N) is 9. The van der Waals surface area contributed by atoms with Crippen molar-refractivity contribution in [2.24, 2.45) is 5.73 Å². The molecule has 0 amide bonds. The summed E-state index contributed by atoms with van der Waals surface area (Å²) in [7, 11) is 6.93. The Bertz CT molecular complexity index is 7880. The van der Waals surface area contributed by atoms with Crippen LogP contribution in [0.4, 0.5) is 38.0 Å². The number of aromatic amines is 7. The zero-order valence-electron chi connectivity index (χ0n) is 77.7. The molecule has 11 N–H and O–H groups in total. The third kappa shape index (κ3) is 27.0. The number of anilines is 2. The number of likely N-dealkylation sites (N-methyl/N-ethyl adjacent to an activating group) is 1. The van der Waals surface area contributed by atoms with Gasteiger partial charge in [0, 0.05) is 191 Å². The molecule has 0 saturated carbocycles. The molecule has 1 unspecified atom stereocenters. The van der Waals surface area contributed by atoms with E-state index < -0.39 is 21.7 Å². The Kier molecular flexibility index (Phi) is 37.2. The molecule has 6 aromatic carbocycles. The second-order valence-corrected chi connectivity index (χ2v) is 34.4. The topological polar surface area (TPSA) is 418 Å². The zero-order valence-corrected chi connectivity index (χ0v) is 82.5. The first-order chi connectivity index (χ1) is 67.6. The first kappa shape index (κ1) is 107. The van der Waals surface area contributed by atoms with Gasteiger partial charge in [-0.25, -0.2) is 66.2 Å². The van der Waals surface area contributed by atoms with Gasteiger partial charge in [-0.2, -0.15) is 0 Å². The maximum Gasteiger partial charge on any atom is 0.250 e. The number of imidazole rings is 5. The van der Waals surface area contributed by atoms with Crippen molar-refractivity contribution < 1.29 is 42.5 Å². The molecule has 0 aliphatic carbocycles. The van der Waals surface area contributed by atoms with E-state index in [0.29, 0.717) is 115 Å². The molecule has 0 aliphatic heterocycles. The summed E-state index contributed by atoms with van der Waals surface area (Å²) >= 11 is 10.1. The van der Waals surface area contributed by atoms with Crippen molar-refractivity contribution in [1.82, 2.24) is 102 Å². The average Bonchev–Trinajstić information content (AvgIpc) is 1.57. The molecule has 42 heteroatoms. The number of nitrogens with two attached hydrogens (primary N) is 1. The van der Waals surface area contributed by atoms with Crippen molar-refractivity contribution in [2.75, 3.05) is 65.0 Å². The minimum absolute atomic E-state index is 0. The van der Waals surface area contributed by atoms with Gasteiger partial charge in [-0.1, -0.05) is 63.6 Å². The molecule has 0 fully saturated rings. The number of aromatic nitrogens is 19. The Morgan fingerprint density at radius 1 is 0.507 bits per heavy atom. The summed E-state index contributed by atoms with van der Waals surface area (Å²) in [6, 6.07) is 30.7. The molecular weight excluding hydrogens is 2030 g/mol. The SMILES string of the molecule is C.C=C(C)c1cnc2c(Br)nc(Br)cn12.C=C(C)c1cnc2c(NCCc3c[nH]c4cccc(F)c34)nc(-n3ccnc3C)cn12.C=C(C)c1cnc2c(NCCc3c[nH]c4cccc(F)c34)nc(Br)cn12.CN(C)/C=C\[N+](=O)[O-].CN(C)C(C[N+](=O)[O-])c1c[nH]c2cccc(F)c12.Cc1ncc[nH]1.Fc1cccc2[nH]ccc12.NCCc1c[nH]c2cccc(F)c12.O=[N+]([O-])/C=C/c1c[nH]c2cccc(F)c12.[HH]. The van der Waals surface area contributed by atoms with Crippen molar-refractivity contribution in [1.29, 1.82) is 0 Å². The minimum Gasteiger partial charge on any atom is -0.379 e. The van der Waals surface area contributed by atoms with Crippen LogP contribution in [0.5, 0.6) is 0 Å². The van der Waals surface area contributed by atoms with Crippen molar-refractivity contribution in [3.63, 3.8) is 0 Å². The molecule has 14 heterocycles. The number of hydrogen-bond acceptors (Lipinski definition) is 19. The third-order valence-corrected chi connectivity index (χ3v) is 22.8. The summed E-state index contributed by atoms with van der Waals surface area (Å²) in [6.45, 7) is 23.1. The molecule has 0 radical (unpaired) electrons. The monoisotopic (exact) mass is 2130 g/mol.